The Kier molecular flexibility index (Phi) is 7.45. The molecule has 0 fully saturated rings. The van der Waals surface area contributed by atoms with Crippen LogP contribution >= 0.6 is 12.2 Å². The highest BCUT2D eigenvalue weighted by atomic mass is 32.1. The number of nitrogens with one attached hydrogen (secondary N) is 2. The van der Waals surface area contributed by atoms with Crippen molar-refractivity contribution >= 4 is 34.6 Å². The van der Waals surface area contributed by atoms with E-state index in [0.717, 1.165) is 12.1 Å². The summed E-state index contributed by atoms with van der Waals surface area (Å²) in [6, 6.07) is 11.8. The lowest BCUT2D eigenvalue weighted by atomic mass is 9.99. The first kappa shape index (κ1) is 21.3. The number of nitro groups is 1. The summed E-state index contributed by atoms with van der Waals surface area (Å²) < 4.78 is 5.22. The fourth-order valence-electron chi connectivity index (χ4n) is 2.55. The van der Waals surface area contributed by atoms with E-state index in [0.29, 0.717) is 5.92 Å². The fourth-order valence-corrected chi connectivity index (χ4v) is 2.76. The monoisotopic (exact) mass is 401 g/mol. The van der Waals surface area contributed by atoms with Crippen molar-refractivity contribution in [3.05, 3.63) is 63.7 Å². The minimum absolute atomic E-state index is 0.109. The van der Waals surface area contributed by atoms with Gasteiger partial charge in [0.15, 0.2) is 10.9 Å². The number of rotatable bonds is 7. The molecule has 28 heavy (non-hydrogen) atoms. The van der Waals surface area contributed by atoms with Crippen LogP contribution in [0.25, 0.3) is 0 Å². The maximum atomic E-state index is 12.4. The van der Waals surface area contributed by atoms with Crippen molar-refractivity contribution in [2.24, 2.45) is 0 Å². The number of ether oxygens (including phenoxy) is 1. The second-order valence-electron chi connectivity index (χ2n) is 6.21. The minimum Gasteiger partial charge on any atom is -0.487 e. The number of thiocarbonyl (C=S) groups is 1. The summed E-state index contributed by atoms with van der Waals surface area (Å²) in [5.74, 6) is 0.0437. The van der Waals surface area contributed by atoms with Crippen molar-refractivity contribution in [1.29, 1.82) is 0 Å². The molecule has 148 valence electrons. The first-order chi connectivity index (χ1) is 13.3. The molecule has 7 nitrogen and oxygen atoms in total. The van der Waals surface area contributed by atoms with Crippen molar-refractivity contribution in [1.82, 2.24) is 5.32 Å². The summed E-state index contributed by atoms with van der Waals surface area (Å²) >= 11 is 5.17. The van der Waals surface area contributed by atoms with Crippen LogP contribution in [0.3, 0.4) is 0 Å². The normalized spacial score (nSPS) is 11.4. The highest BCUT2D eigenvalue weighted by Crippen LogP contribution is 2.28. The van der Waals surface area contributed by atoms with Gasteiger partial charge in [0.2, 0.25) is 0 Å². The second kappa shape index (κ2) is 9.80. The average molecular weight is 401 g/mol. The summed E-state index contributed by atoms with van der Waals surface area (Å²) in [6.45, 7) is 6.30. The molecule has 2 N–H and O–H groups in total. The van der Waals surface area contributed by atoms with Gasteiger partial charge in [-0.15, -0.1) is 0 Å². The minimum atomic E-state index is -0.586. The second-order valence-corrected chi connectivity index (χ2v) is 6.62. The number of hydrogen-bond acceptors (Lipinski definition) is 5. The molecule has 0 aliphatic heterocycles. The largest absolute Gasteiger partial charge is 0.487 e. The van der Waals surface area contributed by atoms with Crippen LogP contribution in [-0.2, 0) is 0 Å². The van der Waals surface area contributed by atoms with Crippen molar-refractivity contribution in [3.63, 3.8) is 0 Å². The van der Waals surface area contributed by atoms with Gasteiger partial charge in [-0.25, -0.2) is 0 Å². The van der Waals surface area contributed by atoms with Gasteiger partial charge in [-0.1, -0.05) is 26.0 Å². The van der Waals surface area contributed by atoms with Crippen LogP contribution in [0.2, 0.25) is 0 Å². The lowest BCUT2D eigenvalue weighted by Gasteiger charge is -2.12. The van der Waals surface area contributed by atoms with E-state index in [1.807, 2.05) is 24.3 Å². The van der Waals surface area contributed by atoms with Crippen LogP contribution in [0.5, 0.6) is 5.75 Å². The highest BCUT2D eigenvalue weighted by Gasteiger charge is 2.19. The Bertz CT molecular complexity index is 868. The third-order valence-electron chi connectivity index (χ3n) is 4.29. The molecule has 2 rings (SSSR count). The Morgan fingerprint density at radius 1 is 1.21 bits per heavy atom. The van der Waals surface area contributed by atoms with Crippen LogP contribution in [-0.4, -0.2) is 22.5 Å². The third-order valence-corrected chi connectivity index (χ3v) is 4.50. The van der Waals surface area contributed by atoms with E-state index < -0.39 is 10.8 Å². The first-order valence-electron chi connectivity index (χ1n) is 8.99. The molecule has 0 aromatic heterocycles. The summed E-state index contributed by atoms with van der Waals surface area (Å²) in [7, 11) is 0. The molecule has 8 heteroatoms. The Morgan fingerprint density at radius 3 is 2.46 bits per heavy atom. The quantitative estimate of drug-likeness (QED) is 0.399. The lowest BCUT2D eigenvalue weighted by molar-refractivity contribution is -0.385. The zero-order chi connectivity index (χ0) is 20.7. The number of anilines is 1. The van der Waals surface area contributed by atoms with Crippen molar-refractivity contribution in [3.8, 4) is 5.75 Å². The maximum Gasteiger partial charge on any atom is 0.311 e. The molecule has 0 radical (unpaired) electrons. The van der Waals surface area contributed by atoms with Gasteiger partial charge in [-0.2, -0.15) is 0 Å². The molecule has 0 saturated heterocycles. The van der Waals surface area contributed by atoms with Crippen LogP contribution in [0.4, 0.5) is 11.4 Å². The molecule has 0 heterocycles. The first-order valence-corrected chi connectivity index (χ1v) is 9.40. The van der Waals surface area contributed by atoms with E-state index in [4.69, 9.17) is 17.0 Å². The molecule has 0 saturated carbocycles. The maximum absolute atomic E-state index is 12.4. The van der Waals surface area contributed by atoms with Crippen molar-refractivity contribution in [2.75, 3.05) is 11.9 Å². The van der Waals surface area contributed by atoms with Gasteiger partial charge < -0.3 is 10.1 Å². The van der Waals surface area contributed by atoms with E-state index in [-0.39, 0.29) is 28.7 Å². The summed E-state index contributed by atoms with van der Waals surface area (Å²) in [5.41, 5.74) is 1.82. The number of nitrogens with zero attached hydrogens (tertiary/aromatic N) is 1. The standard InChI is InChI=1S/C20H23N3O4S/c1-4-13(3)14-6-9-16(10-7-14)21-20(28)22-19(24)15-8-11-18(27-5-2)17(12-15)23(25)26/h6-13H,4-5H2,1-3H3,(H2,21,22,24,28)/t13-/m1/s1. The predicted molar refractivity (Wildman–Crippen MR) is 113 cm³/mol. The molecule has 1 amide bonds. The van der Waals surface area contributed by atoms with E-state index in [1.165, 1.54) is 23.8 Å². The Hall–Kier alpha value is -3.00. The number of carbonyl (C=O) groups excluding carboxylic acids is 1. The number of amides is 1. The van der Waals surface area contributed by atoms with Crippen molar-refractivity contribution < 1.29 is 14.5 Å². The Labute approximate surface area is 169 Å². The average Bonchev–Trinajstić information content (AvgIpc) is 2.68. The molecule has 0 aliphatic rings. The Balaban J connectivity index is 2.05. The molecule has 2 aromatic rings. The van der Waals surface area contributed by atoms with Gasteiger partial charge in [-0.3, -0.25) is 20.2 Å². The summed E-state index contributed by atoms with van der Waals surface area (Å²) in [5, 5.41) is 16.8. The smallest absolute Gasteiger partial charge is 0.311 e. The topological polar surface area (TPSA) is 93.5 Å². The highest BCUT2D eigenvalue weighted by molar-refractivity contribution is 7.80. The third kappa shape index (κ3) is 5.50. The summed E-state index contributed by atoms with van der Waals surface area (Å²) in [6.07, 6.45) is 1.05. The van der Waals surface area contributed by atoms with Crippen LogP contribution < -0.4 is 15.4 Å². The van der Waals surface area contributed by atoms with Crippen molar-refractivity contribution in [2.45, 2.75) is 33.1 Å². The predicted octanol–water partition coefficient (Wildman–Crippen LogP) is 4.63. The SMILES string of the molecule is CCOc1ccc(C(=O)NC(=S)Nc2ccc([C@H](C)CC)cc2)cc1[N+](=O)[O-]. The van der Waals surface area contributed by atoms with Crippen LogP contribution in [0, 0.1) is 10.1 Å². The molecule has 0 unspecified atom stereocenters. The van der Waals surface area contributed by atoms with Gasteiger partial charge >= 0.3 is 5.69 Å². The molecular formula is C20H23N3O4S. The van der Waals surface area contributed by atoms with Gasteiger partial charge in [0, 0.05) is 17.3 Å². The zero-order valence-electron chi connectivity index (χ0n) is 16.0. The zero-order valence-corrected chi connectivity index (χ0v) is 16.8. The number of nitro benzene ring substituents is 1. The van der Waals surface area contributed by atoms with E-state index >= 15 is 0 Å². The fraction of sp³-hybridized carbons (Fsp3) is 0.300. The van der Waals surface area contributed by atoms with Crippen LogP contribution in [0.15, 0.2) is 42.5 Å². The van der Waals surface area contributed by atoms with Gasteiger partial charge in [0.25, 0.3) is 5.91 Å². The molecular weight excluding hydrogens is 378 g/mol. The van der Waals surface area contributed by atoms with E-state index in [2.05, 4.69) is 24.5 Å². The van der Waals surface area contributed by atoms with Gasteiger partial charge in [0.1, 0.15) is 0 Å². The van der Waals surface area contributed by atoms with E-state index in [1.54, 1.807) is 6.92 Å². The number of benzene rings is 2. The number of carbonyl (C=O) groups is 1. The number of hydrogen-bond donors (Lipinski definition) is 2. The molecule has 0 spiro atoms. The van der Waals surface area contributed by atoms with Crippen LogP contribution in [0.1, 0.15) is 49.0 Å². The summed E-state index contributed by atoms with van der Waals surface area (Å²) in [4.78, 5) is 23.0. The van der Waals surface area contributed by atoms with Gasteiger partial charge in [-0.05, 0) is 61.3 Å². The molecule has 0 bridgehead atoms. The van der Waals surface area contributed by atoms with E-state index in [9.17, 15) is 14.9 Å². The lowest BCUT2D eigenvalue weighted by Crippen LogP contribution is -2.34. The Morgan fingerprint density at radius 2 is 1.89 bits per heavy atom. The molecule has 2 aromatic carbocycles. The molecule has 0 aliphatic carbocycles. The van der Waals surface area contributed by atoms with Gasteiger partial charge in [0.05, 0.1) is 11.5 Å². The molecule has 1 atom stereocenters.